The van der Waals surface area contributed by atoms with Gasteiger partial charge >= 0.3 is 5.97 Å². The van der Waals surface area contributed by atoms with Crippen LogP contribution in [0.5, 0.6) is 0 Å². The minimum atomic E-state index is -0.691. The van der Waals surface area contributed by atoms with Crippen LogP contribution >= 0.6 is 0 Å². The summed E-state index contributed by atoms with van der Waals surface area (Å²) in [5.41, 5.74) is 1.54. The molecule has 24 heavy (non-hydrogen) atoms. The van der Waals surface area contributed by atoms with Crippen molar-refractivity contribution in [1.82, 2.24) is 10.2 Å². The van der Waals surface area contributed by atoms with Crippen molar-refractivity contribution in [2.24, 2.45) is 0 Å². The lowest BCUT2D eigenvalue weighted by Gasteiger charge is -2.12. The van der Waals surface area contributed by atoms with Gasteiger partial charge in [0.15, 0.2) is 0 Å². The summed E-state index contributed by atoms with van der Waals surface area (Å²) >= 11 is 0. The quantitative estimate of drug-likeness (QED) is 0.581. The number of methoxy groups -OCH3 is 1. The first-order valence-electron chi connectivity index (χ1n) is 8.03. The Morgan fingerprint density at radius 2 is 1.92 bits per heavy atom. The molecule has 0 saturated heterocycles. The van der Waals surface area contributed by atoms with Gasteiger partial charge in [-0.1, -0.05) is 12.1 Å². The van der Waals surface area contributed by atoms with Crippen LogP contribution in [0.4, 0.5) is 0 Å². The third-order valence-corrected chi connectivity index (χ3v) is 3.70. The minimum Gasteiger partial charge on any atom is -0.467 e. The van der Waals surface area contributed by atoms with Crippen LogP contribution in [0.2, 0.25) is 0 Å². The van der Waals surface area contributed by atoms with Crippen LogP contribution in [0.1, 0.15) is 42.1 Å². The molecule has 132 valence electrons. The molecule has 0 spiro atoms. The maximum Gasteiger partial charge on any atom is 0.328 e. The molecule has 0 aromatic heterocycles. The summed E-state index contributed by atoms with van der Waals surface area (Å²) in [5.74, 6) is -0.664. The Morgan fingerprint density at radius 1 is 1.21 bits per heavy atom. The lowest BCUT2D eigenvalue weighted by Crippen LogP contribution is -2.39. The normalized spacial score (nSPS) is 11.5. The number of hydrogen-bond donors (Lipinski definition) is 1. The molecule has 0 unspecified atom stereocenters. The Bertz CT molecular complexity index is 584. The first-order chi connectivity index (χ1) is 11.3. The van der Waals surface area contributed by atoms with E-state index >= 15 is 0 Å². The van der Waals surface area contributed by atoms with Gasteiger partial charge in [0, 0.05) is 26.1 Å². The predicted molar refractivity (Wildman–Crippen MR) is 91.6 cm³/mol. The van der Waals surface area contributed by atoms with E-state index in [1.807, 2.05) is 18.2 Å². The maximum absolute atomic E-state index is 12.2. The Morgan fingerprint density at radius 3 is 2.54 bits per heavy atom. The molecule has 0 fully saturated rings. The van der Waals surface area contributed by atoms with Crippen molar-refractivity contribution < 1.29 is 19.1 Å². The van der Waals surface area contributed by atoms with Crippen LogP contribution in [0, 0.1) is 0 Å². The molecule has 0 bridgehead atoms. The molecule has 0 saturated carbocycles. The number of nitrogens with zero attached hydrogens (tertiary/aromatic N) is 1. The van der Waals surface area contributed by atoms with Gasteiger partial charge in [0.2, 0.25) is 5.91 Å². The summed E-state index contributed by atoms with van der Waals surface area (Å²) in [5, 5.41) is 2.61. The second-order valence-corrected chi connectivity index (χ2v) is 5.91. The summed E-state index contributed by atoms with van der Waals surface area (Å²) in [6, 6.07) is 6.60. The number of aryl methyl sites for hydroxylation is 1. The molecule has 0 radical (unpaired) electrons. The lowest BCUT2D eigenvalue weighted by atomic mass is 10.0. The fraction of sp³-hybridized carbons (Fsp3) is 0.500. The molecule has 6 heteroatoms. The van der Waals surface area contributed by atoms with Crippen molar-refractivity contribution >= 4 is 17.8 Å². The molecule has 2 amide bonds. The smallest absolute Gasteiger partial charge is 0.328 e. The largest absolute Gasteiger partial charge is 0.467 e. The molecule has 1 aromatic rings. The fourth-order valence-corrected chi connectivity index (χ4v) is 2.21. The van der Waals surface area contributed by atoms with Gasteiger partial charge in [-0.2, -0.15) is 0 Å². The van der Waals surface area contributed by atoms with Crippen molar-refractivity contribution in [2.75, 3.05) is 21.2 Å². The predicted octanol–water partition coefficient (Wildman–Crippen LogP) is 1.78. The highest BCUT2D eigenvalue weighted by molar-refractivity contribution is 5.96. The first-order valence-corrected chi connectivity index (χ1v) is 8.03. The van der Waals surface area contributed by atoms with E-state index in [1.54, 1.807) is 32.0 Å². The molecule has 1 aromatic carbocycles. The van der Waals surface area contributed by atoms with Crippen LogP contribution in [-0.4, -0.2) is 49.9 Å². The molecular weight excluding hydrogens is 308 g/mol. The van der Waals surface area contributed by atoms with Crippen molar-refractivity contribution in [3.63, 3.8) is 0 Å². The number of esters is 1. The van der Waals surface area contributed by atoms with Gasteiger partial charge in [0.1, 0.15) is 6.04 Å². The van der Waals surface area contributed by atoms with E-state index in [2.05, 4.69) is 10.1 Å². The van der Waals surface area contributed by atoms with E-state index in [4.69, 9.17) is 0 Å². The monoisotopic (exact) mass is 334 g/mol. The summed E-state index contributed by atoms with van der Waals surface area (Å²) in [4.78, 5) is 36.6. The van der Waals surface area contributed by atoms with E-state index in [0.717, 1.165) is 24.8 Å². The SMILES string of the molecule is COC(=O)[C@@H](C)NC(=O)c1cccc(CCCCC(=O)N(C)C)c1. The summed E-state index contributed by atoms with van der Waals surface area (Å²) < 4.78 is 4.59. The average Bonchev–Trinajstić information content (AvgIpc) is 2.57. The van der Waals surface area contributed by atoms with Crippen molar-refractivity contribution in [3.8, 4) is 0 Å². The minimum absolute atomic E-state index is 0.125. The van der Waals surface area contributed by atoms with Gasteiger partial charge in [0.05, 0.1) is 7.11 Å². The Labute approximate surface area is 143 Å². The van der Waals surface area contributed by atoms with Crippen LogP contribution in [0.3, 0.4) is 0 Å². The van der Waals surface area contributed by atoms with Gasteiger partial charge < -0.3 is 15.0 Å². The highest BCUT2D eigenvalue weighted by Gasteiger charge is 2.16. The zero-order valence-corrected chi connectivity index (χ0v) is 14.8. The Balaban J connectivity index is 2.52. The topological polar surface area (TPSA) is 75.7 Å². The molecule has 1 rings (SSSR count). The van der Waals surface area contributed by atoms with E-state index in [-0.39, 0.29) is 11.8 Å². The standard InChI is InChI=1S/C18H26N2O4/c1-13(18(23)24-4)19-17(22)15-10-7-9-14(12-15)8-5-6-11-16(21)20(2)3/h7,9-10,12-13H,5-6,8,11H2,1-4H3,(H,19,22)/t13-/m1/s1. The lowest BCUT2D eigenvalue weighted by molar-refractivity contribution is -0.142. The molecule has 0 aliphatic heterocycles. The van der Waals surface area contributed by atoms with Gasteiger partial charge in [-0.05, 0) is 43.9 Å². The highest BCUT2D eigenvalue weighted by Crippen LogP contribution is 2.10. The number of amides is 2. The zero-order valence-electron chi connectivity index (χ0n) is 14.8. The number of carbonyl (C=O) groups is 3. The highest BCUT2D eigenvalue weighted by atomic mass is 16.5. The van der Waals surface area contributed by atoms with E-state index < -0.39 is 12.0 Å². The van der Waals surface area contributed by atoms with Crippen molar-refractivity contribution in [2.45, 2.75) is 38.6 Å². The van der Waals surface area contributed by atoms with Crippen LogP contribution in [0.25, 0.3) is 0 Å². The molecule has 0 aliphatic rings. The van der Waals surface area contributed by atoms with Crippen molar-refractivity contribution in [3.05, 3.63) is 35.4 Å². The van der Waals surface area contributed by atoms with Gasteiger partial charge in [0.25, 0.3) is 5.91 Å². The number of unbranched alkanes of at least 4 members (excludes halogenated alkanes) is 1. The maximum atomic E-state index is 12.2. The van der Waals surface area contributed by atoms with Crippen LogP contribution in [-0.2, 0) is 20.7 Å². The second kappa shape index (κ2) is 9.70. The third kappa shape index (κ3) is 6.40. The van der Waals surface area contributed by atoms with Crippen LogP contribution in [0.15, 0.2) is 24.3 Å². The Hall–Kier alpha value is -2.37. The number of rotatable bonds is 8. The number of nitrogens with one attached hydrogen (secondary N) is 1. The van der Waals surface area contributed by atoms with Crippen molar-refractivity contribution in [1.29, 1.82) is 0 Å². The zero-order chi connectivity index (χ0) is 18.1. The van der Waals surface area contributed by atoms with E-state index in [1.165, 1.54) is 7.11 Å². The molecule has 6 nitrogen and oxygen atoms in total. The van der Waals surface area contributed by atoms with Crippen LogP contribution < -0.4 is 5.32 Å². The van der Waals surface area contributed by atoms with Gasteiger partial charge in [-0.25, -0.2) is 4.79 Å². The first kappa shape index (κ1) is 19.7. The number of ether oxygens (including phenoxy) is 1. The molecule has 0 aliphatic carbocycles. The van der Waals surface area contributed by atoms with E-state index in [9.17, 15) is 14.4 Å². The van der Waals surface area contributed by atoms with Gasteiger partial charge in [-0.15, -0.1) is 0 Å². The summed E-state index contributed by atoms with van der Waals surface area (Å²) in [6.45, 7) is 1.58. The average molecular weight is 334 g/mol. The third-order valence-electron chi connectivity index (χ3n) is 3.70. The van der Waals surface area contributed by atoms with E-state index in [0.29, 0.717) is 12.0 Å². The number of hydrogen-bond acceptors (Lipinski definition) is 4. The molecule has 1 atom stereocenters. The number of carbonyl (C=O) groups excluding carboxylic acids is 3. The molecule has 0 heterocycles. The second-order valence-electron chi connectivity index (χ2n) is 5.91. The Kier molecular flexibility index (Phi) is 7.95. The van der Waals surface area contributed by atoms with Gasteiger partial charge in [-0.3, -0.25) is 9.59 Å². The summed E-state index contributed by atoms with van der Waals surface area (Å²) in [7, 11) is 4.78. The number of benzene rings is 1. The molecular formula is C18H26N2O4. The molecule has 1 N–H and O–H groups in total. The fourth-order valence-electron chi connectivity index (χ4n) is 2.21. The summed E-state index contributed by atoms with van der Waals surface area (Å²) in [6.07, 6.45) is 3.02.